The number of aryl methyl sites for hydroxylation is 1. The van der Waals surface area contributed by atoms with Crippen LogP contribution < -0.4 is 10.1 Å². The number of benzene rings is 2. The average molecular weight is 359 g/mol. The van der Waals surface area contributed by atoms with Crippen LogP contribution in [0.15, 0.2) is 46.9 Å². The third-order valence-electron chi connectivity index (χ3n) is 3.55. The van der Waals surface area contributed by atoms with Crippen LogP contribution in [0.5, 0.6) is 5.75 Å². The van der Waals surface area contributed by atoms with Crippen molar-refractivity contribution < 1.29 is 22.7 Å². The van der Waals surface area contributed by atoms with Crippen LogP contribution in [0.3, 0.4) is 0 Å². The van der Waals surface area contributed by atoms with E-state index >= 15 is 0 Å². The van der Waals surface area contributed by atoms with Gasteiger partial charge >= 0.3 is 0 Å². The standard InChI is InChI=1S/C18H15F2N3O3/c1-25-13-4-2-3-11(9-13)18-23-22-17(26-18)8-7-16(24)21-12-5-6-14(19)15(20)10-12/h2-6,9-10H,7-8H2,1H3,(H,21,24). The van der Waals surface area contributed by atoms with E-state index < -0.39 is 11.6 Å². The quantitative estimate of drug-likeness (QED) is 0.728. The largest absolute Gasteiger partial charge is 0.497 e. The number of halogens is 2. The first-order valence-corrected chi connectivity index (χ1v) is 7.77. The molecule has 3 rings (SSSR count). The van der Waals surface area contributed by atoms with Crippen molar-refractivity contribution in [3.63, 3.8) is 0 Å². The molecule has 6 nitrogen and oxygen atoms in total. The summed E-state index contributed by atoms with van der Waals surface area (Å²) in [5.41, 5.74) is 0.880. The van der Waals surface area contributed by atoms with Crippen LogP contribution >= 0.6 is 0 Å². The number of anilines is 1. The number of rotatable bonds is 6. The molecule has 0 fully saturated rings. The van der Waals surface area contributed by atoms with E-state index in [4.69, 9.17) is 9.15 Å². The molecule has 0 spiro atoms. The van der Waals surface area contributed by atoms with E-state index in [0.29, 0.717) is 23.1 Å². The van der Waals surface area contributed by atoms with Crippen molar-refractivity contribution in [2.75, 3.05) is 12.4 Å². The van der Waals surface area contributed by atoms with Crippen molar-refractivity contribution in [2.24, 2.45) is 0 Å². The normalized spacial score (nSPS) is 10.6. The highest BCUT2D eigenvalue weighted by Gasteiger charge is 2.12. The van der Waals surface area contributed by atoms with Gasteiger partial charge < -0.3 is 14.5 Å². The molecular weight excluding hydrogens is 344 g/mol. The Morgan fingerprint density at radius 1 is 1.15 bits per heavy atom. The molecule has 0 radical (unpaired) electrons. The van der Waals surface area contributed by atoms with E-state index in [1.807, 2.05) is 0 Å². The molecule has 0 unspecified atom stereocenters. The molecule has 2 aromatic carbocycles. The fourth-order valence-corrected chi connectivity index (χ4v) is 2.25. The Balaban J connectivity index is 1.58. The van der Waals surface area contributed by atoms with Crippen LogP contribution in [0, 0.1) is 11.6 Å². The van der Waals surface area contributed by atoms with E-state index in [1.54, 1.807) is 31.4 Å². The van der Waals surface area contributed by atoms with Gasteiger partial charge in [0.15, 0.2) is 11.6 Å². The predicted octanol–water partition coefficient (Wildman–Crippen LogP) is 3.59. The van der Waals surface area contributed by atoms with E-state index in [-0.39, 0.29) is 24.4 Å². The first-order valence-electron chi connectivity index (χ1n) is 7.77. The molecule has 1 aromatic heterocycles. The van der Waals surface area contributed by atoms with E-state index in [1.165, 1.54) is 6.07 Å². The van der Waals surface area contributed by atoms with Gasteiger partial charge in [-0.15, -0.1) is 10.2 Å². The van der Waals surface area contributed by atoms with Crippen molar-refractivity contribution in [3.8, 4) is 17.2 Å². The van der Waals surface area contributed by atoms with Crippen molar-refractivity contribution in [1.82, 2.24) is 10.2 Å². The zero-order valence-corrected chi connectivity index (χ0v) is 13.8. The van der Waals surface area contributed by atoms with Gasteiger partial charge in [-0.3, -0.25) is 4.79 Å². The van der Waals surface area contributed by atoms with Crippen LogP contribution in [0.4, 0.5) is 14.5 Å². The molecule has 0 bridgehead atoms. The molecule has 3 aromatic rings. The number of aromatic nitrogens is 2. The summed E-state index contributed by atoms with van der Waals surface area (Å²) in [5, 5.41) is 10.3. The Morgan fingerprint density at radius 3 is 2.77 bits per heavy atom. The molecule has 0 aliphatic rings. The Morgan fingerprint density at radius 2 is 2.00 bits per heavy atom. The number of carbonyl (C=O) groups is 1. The summed E-state index contributed by atoms with van der Waals surface area (Å²) >= 11 is 0. The summed E-state index contributed by atoms with van der Waals surface area (Å²) in [6.45, 7) is 0. The second kappa shape index (κ2) is 7.73. The zero-order valence-electron chi connectivity index (χ0n) is 13.8. The molecule has 1 amide bonds. The minimum Gasteiger partial charge on any atom is -0.497 e. The molecule has 0 atom stereocenters. The maximum Gasteiger partial charge on any atom is 0.247 e. The summed E-state index contributed by atoms with van der Waals surface area (Å²) in [6.07, 6.45) is 0.269. The number of nitrogens with zero attached hydrogens (tertiary/aromatic N) is 2. The minimum atomic E-state index is -1.03. The molecule has 0 aliphatic carbocycles. The number of hydrogen-bond acceptors (Lipinski definition) is 5. The van der Waals surface area contributed by atoms with Crippen LogP contribution in [0.2, 0.25) is 0 Å². The highest BCUT2D eigenvalue weighted by molar-refractivity contribution is 5.90. The van der Waals surface area contributed by atoms with Gasteiger partial charge in [0.25, 0.3) is 0 Å². The molecule has 26 heavy (non-hydrogen) atoms. The van der Waals surface area contributed by atoms with Crippen molar-refractivity contribution in [1.29, 1.82) is 0 Å². The number of nitrogens with one attached hydrogen (secondary N) is 1. The number of hydrogen-bond donors (Lipinski definition) is 1. The Labute approximate surface area is 147 Å². The predicted molar refractivity (Wildman–Crippen MR) is 89.6 cm³/mol. The van der Waals surface area contributed by atoms with Crippen LogP contribution in [-0.4, -0.2) is 23.2 Å². The number of ether oxygens (including phenoxy) is 1. The fourth-order valence-electron chi connectivity index (χ4n) is 2.25. The topological polar surface area (TPSA) is 77.2 Å². The van der Waals surface area contributed by atoms with E-state index in [2.05, 4.69) is 15.5 Å². The highest BCUT2D eigenvalue weighted by Crippen LogP contribution is 2.23. The summed E-state index contributed by atoms with van der Waals surface area (Å²) < 4.78 is 36.7. The second-order valence-electron chi connectivity index (χ2n) is 5.41. The molecule has 0 aliphatic heterocycles. The van der Waals surface area contributed by atoms with Gasteiger partial charge in [-0.05, 0) is 30.3 Å². The number of methoxy groups -OCH3 is 1. The van der Waals surface area contributed by atoms with E-state index in [9.17, 15) is 13.6 Å². The molecule has 0 saturated carbocycles. The monoisotopic (exact) mass is 359 g/mol. The summed E-state index contributed by atoms with van der Waals surface area (Å²) in [4.78, 5) is 11.9. The van der Waals surface area contributed by atoms with Gasteiger partial charge in [-0.25, -0.2) is 8.78 Å². The lowest BCUT2D eigenvalue weighted by Gasteiger charge is -2.04. The van der Waals surface area contributed by atoms with Crippen molar-refractivity contribution in [2.45, 2.75) is 12.8 Å². The molecular formula is C18H15F2N3O3. The van der Waals surface area contributed by atoms with Crippen molar-refractivity contribution >= 4 is 11.6 Å². The lowest BCUT2D eigenvalue weighted by atomic mass is 10.2. The summed E-state index contributed by atoms with van der Waals surface area (Å²) in [7, 11) is 1.56. The first kappa shape index (κ1) is 17.5. The molecule has 134 valence electrons. The van der Waals surface area contributed by atoms with Crippen LogP contribution in [0.1, 0.15) is 12.3 Å². The van der Waals surface area contributed by atoms with Gasteiger partial charge in [-0.2, -0.15) is 0 Å². The van der Waals surface area contributed by atoms with Gasteiger partial charge in [0.2, 0.25) is 17.7 Å². The van der Waals surface area contributed by atoms with Crippen molar-refractivity contribution in [3.05, 3.63) is 60.0 Å². The third kappa shape index (κ3) is 4.21. The van der Waals surface area contributed by atoms with Gasteiger partial charge in [0.05, 0.1) is 7.11 Å². The molecule has 1 N–H and O–H groups in total. The van der Waals surface area contributed by atoms with Crippen LogP contribution in [0.25, 0.3) is 11.5 Å². The van der Waals surface area contributed by atoms with Gasteiger partial charge in [0, 0.05) is 30.2 Å². The SMILES string of the molecule is COc1cccc(-c2nnc(CCC(=O)Nc3ccc(F)c(F)c3)o2)c1. The third-order valence-corrected chi connectivity index (χ3v) is 3.55. The number of amides is 1. The van der Waals surface area contributed by atoms with Gasteiger partial charge in [0.1, 0.15) is 5.75 Å². The average Bonchev–Trinajstić information content (AvgIpc) is 3.12. The lowest BCUT2D eigenvalue weighted by molar-refractivity contribution is -0.116. The Kier molecular flexibility index (Phi) is 5.21. The Bertz CT molecular complexity index is 928. The maximum absolute atomic E-state index is 13.1. The zero-order chi connectivity index (χ0) is 18.5. The lowest BCUT2D eigenvalue weighted by Crippen LogP contribution is -2.12. The molecule has 8 heteroatoms. The number of carbonyl (C=O) groups excluding carboxylic acids is 1. The molecule has 0 saturated heterocycles. The molecule has 1 heterocycles. The fraction of sp³-hybridized carbons (Fsp3) is 0.167. The smallest absolute Gasteiger partial charge is 0.247 e. The highest BCUT2D eigenvalue weighted by atomic mass is 19.2. The summed E-state index contributed by atoms with van der Waals surface area (Å²) in [5.74, 6) is -1.10. The van der Waals surface area contributed by atoms with E-state index in [0.717, 1.165) is 12.1 Å². The summed E-state index contributed by atoms with van der Waals surface area (Å²) in [6, 6.07) is 10.3. The first-order chi connectivity index (χ1) is 12.5. The van der Waals surface area contributed by atoms with Crippen LogP contribution in [-0.2, 0) is 11.2 Å². The maximum atomic E-state index is 13.1. The Hall–Kier alpha value is -3.29. The van der Waals surface area contributed by atoms with Gasteiger partial charge in [-0.1, -0.05) is 6.07 Å². The minimum absolute atomic E-state index is 0.0543. The second-order valence-corrected chi connectivity index (χ2v) is 5.41.